The predicted molar refractivity (Wildman–Crippen MR) is 39.6 cm³/mol. The fourth-order valence-electron chi connectivity index (χ4n) is 0.476. The fraction of sp³-hybridized carbons (Fsp3) is 0.800. The van der Waals surface area contributed by atoms with Crippen LogP contribution in [0.25, 0.3) is 0 Å². The number of rotatable bonds is 5. The van der Waals surface area contributed by atoms with Gasteiger partial charge >= 0.3 is 0 Å². The van der Waals surface area contributed by atoms with Crippen LogP contribution in [0.2, 0.25) is 0 Å². The Morgan fingerprint density at radius 2 is 2.18 bits per heavy atom. The Morgan fingerprint density at radius 3 is 2.64 bits per heavy atom. The van der Waals surface area contributed by atoms with Gasteiger partial charge in [-0.25, -0.2) is 8.42 Å². The van der Waals surface area contributed by atoms with Crippen LogP contribution < -0.4 is 5.32 Å². The van der Waals surface area contributed by atoms with E-state index in [1.165, 1.54) is 6.92 Å². The van der Waals surface area contributed by atoms with Crippen LogP contribution in [0.5, 0.6) is 0 Å². The van der Waals surface area contributed by atoms with Crippen LogP contribution in [0.4, 0.5) is 0 Å². The van der Waals surface area contributed by atoms with Crippen LogP contribution in [0.3, 0.4) is 0 Å². The van der Waals surface area contributed by atoms with Gasteiger partial charge in [0, 0.05) is 13.5 Å². The van der Waals surface area contributed by atoms with E-state index in [-0.39, 0.29) is 12.5 Å². The number of nitrogens with one attached hydrogen (secondary N) is 1. The average Bonchev–Trinajstić information content (AvgIpc) is 1.85. The molecule has 0 aliphatic heterocycles. The van der Waals surface area contributed by atoms with E-state index >= 15 is 0 Å². The number of thiol groups is 1. The molecule has 0 bridgehead atoms. The molecule has 5 nitrogen and oxygen atoms in total. The maximum Gasteiger partial charge on any atom is 0.257 e. The van der Waals surface area contributed by atoms with Gasteiger partial charge in [-0.3, -0.25) is 8.98 Å². The molecule has 11 heavy (non-hydrogen) atoms. The molecular weight excluding hydrogens is 170 g/mol. The van der Waals surface area contributed by atoms with Crippen molar-refractivity contribution in [2.75, 3.05) is 13.2 Å². The predicted octanol–water partition coefficient (Wildman–Crippen LogP) is -0.944. The summed E-state index contributed by atoms with van der Waals surface area (Å²) in [5, 5.41) is 2.50. The number of hydrogen-bond acceptors (Lipinski definition) is 4. The second-order valence-electron chi connectivity index (χ2n) is 1.89. The van der Waals surface area contributed by atoms with Gasteiger partial charge in [0.2, 0.25) is 5.91 Å². The lowest BCUT2D eigenvalue weighted by Crippen LogP contribution is -2.21. The van der Waals surface area contributed by atoms with E-state index in [2.05, 4.69) is 9.50 Å². The number of carbonyl (C=O) groups excluding carboxylic acids is 1. The highest BCUT2D eigenvalue weighted by molar-refractivity contribution is 7.67. The largest absolute Gasteiger partial charge is 0.356 e. The highest BCUT2D eigenvalue weighted by Gasteiger charge is 1.91. The lowest BCUT2D eigenvalue weighted by molar-refractivity contribution is -0.118. The van der Waals surface area contributed by atoms with E-state index in [0.29, 0.717) is 13.0 Å². The summed E-state index contributed by atoms with van der Waals surface area (Å²) in [6.45, 7) is 1.96. The third-order valence-corrected chi connectivity index (χ3v) is 1.29. The summed E-state index contributed by atoms with van der Waals surface area (Å²) in [7, 11) is -2.75. The second-order valence-corrected chi connectivity index (χ2v) is 2.60. The van der Waals surface area contributed by atoms with Crippen LogP contribution in [0, 0.1) is 0 Å². The molecule has 0 unspecified atom stereocenters. The first kappa shape index (κ1) is 10.4. The normalized spacial score (nSPS) is 10.0. The highest BCUT2D eigenvalue weighted by Crippen LogP contribution is 1.79. The molecule has 66 valence electrons. The monoisotopic (exact) mass is 181 g/mol. The number of amides is 1. The van der Waals surface area contributed by atoms with Crippen molar-refractivity contribution in [1.29, 1.82) is 0 Å². The first-order chi connectivity index (χ1) is 5.13. The Morgan fingerprint density at radius 1 is 1.55 bits per heavy atom. The molecule has 0 atom stereocenters. The van der Waals surface area contributed by atoms with Gasteiger partial charge in [-0.1, -0.05) is 0 Å². The molecule has 1 N–H and O–H groups in total. The lowest BCUT2D eigenvalue weighted by atomic mass is 10.4. The maximum atomic E-state index is 10.3. The summed E-state index contributed by atoms with van der Waals surface area (Å²) >= 11 is 0. The van der Waals surface area contributed by atoms with Crippen molar-refractivity contribution in [3.63, 3.8) is 0 Å². The number of carbonyl (C=O) groups is 1. The molecule has 0 saturated heterocycles. The molecule has 6 heteroatoms. The van der Waals surface area contributed by atoms with Gasteiger partial charge < -0.3 is 5.32 Å². The molecule has 0 aliphatic rings. The SMILES string of the molecule is CC(=O)NCCCO[SH](=O)=O. The lowest BCUT2D eigenvalue weighted by Gasteiger charge is -1.98. The minimum atomic E-state index is -2.75. The zero-order valence-corrected chi connectivity index (χ0v) is 7.10. The summed E-state index contributed by atoms with van der Waals surface area (Å²) in [4.78, 5) is 10.3. The van der Waals surface area contributed by atoms with E-state index in [4.69, 9.17) is 0 Å². The van der Waals surface area contributed by atoms with E-state index in [0.717, 1.165) is 0 Å². The Hall–Kier alpha value is -0.620. The maximum absolute atomic E-state index is 10.3. The van der Waals surface area contributed by atoms with Crippen LogP contribution in [0.1, 0.15) is 13.3 Å². The molecule has 0 aromatic rings. The minimum Gasteiger partial charge on any atom is -0.356 e. The van der Waals surface area contributed by atoms with Gasteiger partial charge in [-0.2, -0.15) is 0 Å². The van der Waals surface area contributed by atoms with Gasteiger partial charge in [0.05, 0.1) is 6.61 Å². The first-order valence-electron chi connectivity index (χ1n) is 3.14. The average molecular weight is 181 g/mol. The van der Waals surface area contributed by atoms with Gasteiger partial charge in [-0.05, 0) is 6.42 Å². The van der Waals surface area contributed by atoms with Crippen molar-refractivity contribution in [3.05, 3.63) is 0 Å². The fourth-order valence-corrected chi connectivity index (χ4v) is 0.754. The molecule has 0 spiro atoms. The molecule has 0 radical (unpaired) electrons. The standard InChI is InChI=1S/C5H11NO4S/c1-5(7)6-3-2-4-10-11(8)9/h11H,2-4H2,1H3,(H,6,7). The molecule has 0 aromatic heterocycles. The molecule has 0 rings (SSSR count). The third kappa shape index (κ3) is 9.38. The van der Waals surface area contributed by atoms with Crippen molar-refractivity contribution >= 4 is 16.9 Å². The van der Waals surface area contributed by atoms with Crippen LogP contribution >= 0.6 is 0 Å². The van der Waals surface area contributed by atoms with Crippen molar-refractivity contribution in [2.45, 2.75) is 13.3 Å². The van der Waals surface area contributed by atoms with Crippen LogP contribution in [-0.4, -0.2) is 27.5 Å². The van der Waals surface area contributed by atoms with Gasteiger partial charge in [0.25, 0.3) is 11.0 Å². The summed E-state index contributed by atoms with van der Waals surface area (Å²) in [5.41, 5.74) is 0. The van der Waals surface area contributed by atoms with E-state index in [1.807, 2.05) is 0 Å². The van der Waals surface area contributed by atoms with Crippen molar-refractivity contribution in [3.8, 4) is 0 Å². The summed E-state index contributed by atoms with van der Waals surface area (Å²) in [6, 6.07) is 0. The third-order valence-electron chi connectivity index (χ3n) is 0.892. The van der Waals surface area contributed by atoms with Gasteiger partial charge in [0.1, 0.15) is 0 Å². The highest BCUT2D eigenvalue weighted by atomic mass is 32.2. The quantitative estimate of drug-likeness (QED) is 0.424. The molecule has 0 saturated carbocycles. The smallest absolute Gasteiger partial charge is 0.257 e. The van der Waals surface area contributed by atoms with E-state index < -0.39 is 11.0 Å². The molecule has 0 heterocycles. The molecule has 1 amide bonds. The zero-order valence-electron chi connectivity index (χ0n) is 6.20. The topological polar surface area (TPSA) is 72.5 Å². The molecule has 0 aromatic carbocycles. The first-order valence-corrected chi connectivity index (χ1v) is 4.24. The summed E-state index contributed by atoms with van der Waals surface area (Å²) in [6.07, 6.45) is 0.503. The molecular formula is C5H11NO4S. The zero-order chi connectivity index (χ0) is 8.69. The number of hydrogen-bond donors (Lipinski definition) is 2. The Balaban J connectivity index is 3.09. The summed E-state index contributed by atoms with van der Waals surface area (Å²) < 4.78 is 23.9. The van der Waals surface area contributed by atoms with E-state index in [1.54, 1.807) is 0 Å². The Bertz CT molecular complexity index is 181. The van der Waals surface area contributed by atoms with Crippen molar-refractivity contribution in [2.24, 2.45) is 0 Å². The van der Waals surface area contributed by atoms with Crippen molar-refractivity contribution < 1.29 is 17.4 Å². The van der Waals surface area contributed by atoms with Gasteiger partial charge in [-0.15, -0.1) is 0 Å². The summed E-state index contributed by atoms with van der Waals surface area (Å²) in [5.74, 6) is -0.128. The Labute approximate surface area is 66.9 Å². The van der Waals surface area contributed by atoms with Gasteiger partial charge in [0.15, 0.2) is 0 Å². The second kappa shape index (κ2) is 6.11. The van der Waals surface area contributed by atoms with Crippen molar-refractivity contribution in [1.82, 2.24) is 5.32 Å². The Kier molecular flexibility index (Phi) is 5.77. The molecule has 0 aliphatic carbocycles. The van der Waals surface area contributed by atoms with Crippen LogP contribution in [-0.2, 0) is 20.0 Å². The van der Waals surface area contributed by atoms with E-state index in [9.17, 15) is 13.2 Å². The van der Waals surface area contributed by atoms with Crippen LogP contribution in [0.15, 0.2) is 0 Å². The minimum absolute atomic E-state index is 0.124. The molecule has 0 fully saturated rings.